The molecule has 2 atom stereocenters. The van der Waals surface area contributed by atoms with Gasteiger partial charge >= 0.3 is 0 Å². The van der Waals surface area contributed by atoms with E-state index in [-0.39, 0.29) is 11.9 Å². The lowest BCUT2D eigenvalue weighted by Crippen LogP contribution is -2.43. The van der Waals surface area contributed by atoms with Gasteiger partial charge in [-0.3, -0.25) is 9.69 Å². The minimum Gasteiger partial charge on any atom is -0.340 e. The van der Waals surface area contributed by atoms with Gasteiger partial charge in [-0.15, -0.1) is 0 Å². The first kappa shape index (κ1) is 14.0. The topological polar surface area (TPSA) is 75.0 Å². The number of para-hydroxylation sites is 3. The highest BCUT2D eigenvalue weighted by Crippen LogP contribution is 2.40. The Labute approximate surface area is 134 Å². The van der Waals surface area contributed by atoms with Crippen molar-refractivity contribution in [3.8, 4) is 0 Å². The lowest BCUT2D eigenvalue weighted by atomic mass is 10.1. The van der Waals surface area contributed by atoms with Crippen molar-refractivity contribution < 1.29 is 4.79 Å². The number of carbonyl (C=O) groups excluding carboxylic acids is 1. The molecular formula is C18H18N4O. The van der Waals surface area contributed by atoms with Gasteiger partial charge in [0.25, 0.3) is 0 Å². The summed E-state index contributed by atoms with van der Waals surface area (Å²) < 4.78 is 0. The van der Waals surface area contributed by atoms with Gasteiger partial charge in [0, 0.05) is 12.1 Å². The molecule has 1 amide bonds. The molecule has 0 saturated carbocycles. The largest absolute Gasteiger partial charge is 0.340 e. The lowest BCUT2D eigenvalue weighted by Gasteiger charge is -2.25. The second-order valence-electron chi connectivity index (χ2n) is 5.98. The van der Waals surface area contributed by atoms with E-state index in [9.17, 15) is 4.79 Å². The Kier molecular flexibility index (Phi) is 3.16. The van der Waals surface area contributed by atoms with Gasteiger partial charge < -0.3 is 10.7 Å². The molecule has 0 spiro atoms. The van der Waals surface area contributed by atoms with Crippen molar-refractivity contribution in [2.24, 2.45) is 5.73 Å². The fraction of sp³-hybridized carbons (Fsp3) is 0.222. The average molecular weight is 306 g/mol. The number of carbonyl (C=O) groups is 1. The van der Waals surface area contributed by atoms with E-state index in [2.05, 4.69) is 16.0 Å². The van der Waals surface area contributed by atoms with Crippen LogP contribution in [-0.4, -0.2) is 21.9 Å². The number of hydrogen-bond acceptors (Lipinski definition) is 3. The van der Waals surface area contributed by atoms with Crippen LogP contribution in [0, 0.1) is 0 Å². The third kappa shape index (κ3) is 2.21. The second kappa shape index (κ2) is 5.21. The number of amides is 1. The van der Waals surface area contributed by atoms with Gasteiger partial charge in [0.15, 0.2) is 0 Å². The SMILES string of the molecule is CC(N)C(=O)N1c2ccccc2CC1c1nc2ccccc2[nH]1. The molecule has 3 aromatic rings. The van der Waals surface area contributed by atoms with Gasteiger partial charge in [-0.25, -0.2) is 4.98 Å². The highest BCUT2D eigenvalue weighted by molar-refractivity contribution is 5.99. The lowest BCUT2D eigenvalue weighted by molar-refractivity contribution is -0.119. The first-order valence-corrected chi connectivity index (χ1v) is 7.76. The van der Waals surface area contributed by atoms with Gasteiger partial charge in [0.2, 0.25) is 5.91 Å². The predicted molar refractivity (Wildman–Crippen MR) is 90.1 cm³/mol. The summed E-state index contributed by atoms with van der Waals surface area (Å²) in [6.07, 6.45) is 0.744. The molecule has 0 saturated heterocycles. The molecule has 1 aromatic heterocycles. The molecule has 116 valence electrons. The Morgan fingerprint density at radius 3 is 2.78 bits per heavy atom. The Balaban J connectivity index is 1.82. The number of nitrogens with one attached hydrogen (secondary N) is 1. The van der Waals surface area contributed by atoms with E-state index < -0.39 is 6.04 Å². The van der Waals surface area contributed by atoms with Crippen LogP contribution in [-0.2, 0) is 11.2 Å². The van der Waals surface area contributed by atoms with Crippen molar-refractivity contribution in [2.75, 3.05) is 4.90 Å². The van der Waals surface area contributed by atoms with Crippen LogP contribution >= 0.6 is 0 Å². The van der Waals surface area contributed by atoms with E-state index in [1.54, 1.807) is 11.8 Å². The van der Waals surface area contributed by atoms with Crippen LogP contribution in [0.2, 0.25) is 0 Å². The number of nitrogens with zero attached hydrogens (tertiary/aromatic N) is 2. The van der Waals surface area contributed by atoms with Crippen LogP contribution in [0.25, 0.3) is 11.0 Å². The molecule has 1 aliphatic heterocycles. The molecule has 2 aromatic carbocycles. The summed E-state index contributed by atoms with van der Waals surface area (Å²) >= 11 is 0. The fourth-order valence-corrected chi connectivity index (χ4v) is 3.23. The minimum absolute atomic E-state index is 0.0830. The Bertz CT molecular complexity index is 850. The van der Waals surface area contributed by atoms with Crippen LogP contribution in [0.5, 0.6) is 0 Å². The zero-order valence-electron chi connectivity index (χ0n) is 12.9. The standard InChI is InChI=1S/C18H18N4O/c1-11(19)18(23)22-15-9-5-2-6-12(15)10-16(22)17-20-13-7-3-4-8-14(13)21-17/h2-9,11,16H,10,19H2,1H3,(H,20,21). The Hall–Kier alpha value is -2.66. The number of H-pyrrole nitrogens is 1. The zero-order valence-corrected chi connectivity index (χ0v) is 12.9. The summed E-state index contributed by atoms with van der Waals surface area (Å²) in [5.74, 6) is 0.719. The molecule has 3 N–H and O–H groups in total. The van der Waals surface area contributed by atoms with Gasteiger partial charge in [-0.1, -0.05) is 30.3 Å². The monoisotopic (exact) mass is 306 g/mol. The number of nitrogens with two attached hydrogens (primary N) is 1. The molecule has 23 heavy (non-hydrogen) atoms. The highest BCUT2D eigenvalue weighted by atomic mass is 16.2. The smallest absolute Gasteiger partial charge is 0.244 e. The molecule has 5 nitrogen and oxygen atoms in total. The third-order valence-electron chi connectivity index (χ3n) is 4.33. The molecule has 0 aliphatic carbocycles. The Morgan fingerprint density at radius 2 is 2.00 bits per heavy atom. The van der Waals surface area contributed by atoms with E-state index in [0.717, 1.165) is 34.5 Å². The summed E-state index contributed by atoms with van der Waals surface area (Å²) in [6, 6.07) is 15.2. The van der Waals surface area contributed by atoms with Gasteiger partial charge in [0.1, 0.15) is 5.82 Å². The maximum atomic E-state index is 12.7. The van der Waals surface area contributed by atoms with Crippen molar-refractivity contribution in [3.05, 3.63) is 59.9 Å². The van der Waals surface area contributed by atoms with Crippen molar-refractivity contribution in [1.29, 1.82) is 0 Å². The number of anilines is 1. The van der Waals surface area contributed by atoms with E-state index in [4.69, 9.17) is 5.73 Å². The van der Waals surface area contributed by atoms with Gasteiger partial charge in [-0.05, 0) is 30.7 Å². The van der Waals surface area contributed by atoms with Crippen LogP contribution < -0.4 is 10.6 Å². The summed E-state index contributed by atoms with van der Waals surface area (Å²) in [7, 11) is 0. The molecule has 1 aliphatic rings. The molecule has 4 rings (SSSR count). The Morgan fingerprint density at radius 1 is 1.26 bits per heavy atom. The first-order valence-electron chi connectivity index (χ1n) is 7.76. The summed E-state index contributed by atoms with van der Waals surface area (Å²) in [4.78, 5) is 22.5. The second-order valence-corrected chi connectivity index (χ2v) is 5.98. The van der Waals surface area contributed by atoms with Crippen molar-refractivity contribution in [1.82, 2.24) is 9.97 Å². The maximum Gasteiger partial charge on any atom is 0.244 e. The van der Waals surface area contributed by atoms with E-state index in [1.165, 1.54) is 0 Å². The van der Waals surface area contributed by atoms with Crippen LogP contribution in [0.1, 0.15) is 24.4 Å². The van der Waals surface area contributed by atoms with Crippen LogP contribution in [0.15, 0.2) is 48.5 Å². The summed E-state index contributed by atoms with van der Waals surface area (Å²) in [5, 5.41) is 0. The predicted octanol–water partition coefficient (Wildman–Crippen LogP) is 2.54. The summed E-state index contributed by atoms with van der Waals surface area (Å²) in [5.41, 5.74) is 9.83. The van der Waals surface area contributed by atoms with Crippen molar-refractivity contribution in [3.63, 3.8) is 0 Å². The molecule has 0 bridgehead atoms. The first-order chi connectivity index (χ1) is 11.1. The number of hydrogen-bond donors (Lipinski definition) is 2. The maximum absolute atomic E-state index is 12.7. The number of aromatic nitrogens is 2. The highest BCUT2D eigenvalue weighted by Gasteiger charge is 2.37. The van der Waals surface area contributed by atoms with Crippen LogP contribution in [0.4, 0.5) is 5.69 Å². The minimum atomic E-state index is -0.548. The molecule has 0 fully saturated rings. The number of rotatable bonds is 2. The van der Waals surface area contributed by atoms with Crippen molar-refractivity contribution in [2.45, 2.75) is 25.4 Å². The number of imidazole rings is 1. The van der Waals surface area contributed by atoms with Crippen LogP contribution in [0.3, 0.4) is 0 Å². The third-order valence-corrected chi connectivity index (χ3v) is 4.33. The number of aromatic amines is 1. The van der Waals surface area contributed by atoms with Gasteiger partial charge in [-0.2, -0.15) is 0 Å². The van der Waals surface area contributed by atoms with E-state index in [0.29, 0.717) is 0 Å². The number of fused-ring (bicyclic) bond motifs is 2. The molecular weight excluding hydrogens is 288 g/mol. The normalized spacial score (nSPS) is 18.2. The van der Waals surface area contributed by atoms with E-state index >= 15 is 0 Å². The van der Waals surface area contributed by atoms with E-state index in [1.807, 2.05) is 42.5 Å². The summed E-state index contributed by atoms with van der Waals surface area (Å²) in [6.45, 7) is 1.72. The molecule has 5 heteroatoms. The van der Waals surface area contributed by atoms with Crippen molar-refractivity contribution >= 4 is 22.6 Å². The molecule has 2 heterocycles. The zero-order chi connectivity index (χ0) is 16.0. The quantitative estimate of drug-likeness (QED) is 0.764. The number of benzene rings is 2. The fourth-order valence-electron chi connectivity index (χ4n) is 3.23. The van der Waals surface area contributed by atoms with Gasteiger partial charge in [0.05, 0.1) is 23.1 Å². The molecule has 2 unspecified atom stereocenters. The molecule has 0 radical (unpaired) electrons. The average Bonchev–Trinajstić information content (AvgIpc) is 3.15.